The minimum absolute atomic E-state index is 0.0583. The molecule has 0 spiro atoms. The molecular formula is C17H24NO7P. The molecule has 0 unspecified atom stereocenters. The van der Waals surface area contributed by atoms with Crippen LogP contribution in [-0.2, 0) is 39.1 Å². The Balaban J connectivity index is 2.82. The van der Waals surface area contributed by atoms with Crippen LogP contribution in [0.5, 0.6) is 0 Å². The van der Waals surface area contributed by atoms with Gasteiger partial charge < -0.3 is 9.47 Å². The van der Waals surface area contributed by atoms with E-state index in [1.807, 2.05) is 0 Å². The Morgan fingerprint density at radius 2 is 1.62 bits per heavy atom. The molecule has 0 fully saturated rings. The van der Waals surface area contributed by atoms with E-state index >= 15 is 0 Å². The Morgan fingerprint density at radius 1 is 1.08 bits per heavy atom. The molecule has 0 radical (unpaired) electrons. The van der Waals surface area contributed by atoms with Crippen LogP contribution in [0, 0.1) is 11.8 Å². The quantitative estimate of drug-likeness (QED) is 0.344. The van der Waals surface area contributed by atoms with Gasteiger partial charge in [-0.15, -0.1) is 0 Å². The lowest BCUT2D eigenvalue weighted by atomic mass is 10.2. The predicted octanol–water partition coefficient (Wildman–Crippen LogP) is 2.84. The highest BCUT2D eigenvalue weighted by molar-refractivity contribution is 7.64. The van der Waals surface area contributed by atoms with Crippen molar-refractivity contribution < 1.29 is 32.9 Å². The van der Waals surface area contributed by atoms with Gasteiger partial charge in [-0.3, -0.25) is 23.6 Å². The fourth-order valence-electron chi connectivity index (χ4n) is 1.62. The highest BCUT2D eigenvalue weighted by Crippen LogP contribution is 2.51. The highest BCUT2D eigenvalue weighted by Gasteiger charge is 2.25. The molecule has 0 atom stereocenters. The van der Waals surface area contributed by atoms with Gasteiger partial charge in [0, 0.05) is 12.4 Å². The number of rotatable bonds is 10. The summed E-state index contributed by atoms with van der Waals surface area (Å²) in [5.41, 5.74) is 2.45. The van der Waals surface area contributed by atoms with Gasteiger partial charge in [-0.1, -0.05) is 33.8 Å². The zero-order valence-corrected chi connectivity index (χ0v) is 16.2. The second-order valence-corrected chi connectivity index (χ2v) is 8.38. The van der Waals surface area contributed by atoms with Gasteiger partial charge in [0.1, 0.15) is 0 Å². The lowest BCUT2D eigenvalue weighted by Gasteiger charge is -2.22. The van der Waals surface area contributed by atoms with Crippen LogP contribution < -0.4 is 0 Å². The van der Waals surface area contributed by atoms with E-state index in [0.717, 1.165) is 0 Å². The van der Waals surface area contributed by atoms with Crippen LogP contribution in [0.2, 0.25) is 0 Å². The molecule has 1 heterocycles. The van der Waals surface area contributed by atoms with E-state index in [4.69, 9.17) is 18.5 Å². The summed E-state index contributed by atoms with van der Waals surface area (Å²) in [6.45, 7) is 5.78. The summed E-state index contributed by atoms with van der Waals surface area (Å²) in [4.78, 5) is 38.7. The van der Waals surface area contributed by atoms with E-state index in [1.165, 1.54) is 0 Å². The van der Waals surface area contributed by atoms with Gasteiger partial charge in [-0.05, 0) is 11.6 Å². The van der Waals surface area contributed by atoms with Crippen LogP contribution in [0.25, 0.3) is 0 Å². The number of ether oxygens (including phenoxy) is 2. The number of esters is 2. The van der Waals surface area contributed by atoms with E-state index in [1.54, 1.807) is 57.9 Å². The molecule has 0 aliphatic rings. The molecule has 1 rings (SSSR count). The van der Waals surface area contributed by atoms with E-state index in [0.29, 0.717) is 5.56 Å². The first kappa shape index (κ1) is 22.1. The first-order valence-electron chi connectivity index (χ1n) is 8.08. The van der Waals surface area contributed by atoms with Crippen LogP contribution in [0.3, 0.4) is 0 Å². The fraction of sp³-hybridized carbons (Fsp3) is 0.529. The number of hydrogen-bond donors (Lipinski definition) is 0. The summed E-state index contributed by atoms with van der Waals surface area (Å²) < 4.78 is 20.8. The van der Waals surface area contributed by atoms with Crippen LogP contribution in [0.1, 0.15) is 33.3 Å². The predicted molar refractivity (Wildman–Crippen MR) is 94.3 cm³/mol. The van der Waals surface area contributed by atoms with Crippen molar-refractivity contribution in [1.82, 2.24) is 4.98 Å². The van der Waals surface area contributed by atoms with Gasteiger partial charge in [0.05, 0.1) is 18.0 Å². The van der Waals surface area contributed by atoms with E-state index in [2.05, 4.69) is 4.98 Å². The zero-order chi connectivity index (χ0) is 19.6. The second-order valence-electron chi connectivity index (χ2n) is 6.01. The largest absolute Gasteiger partial charge is 0.438 e. The Labute approximate surface area is 152 Å². The van der Waals surface area contributed by atoms with Crippen molar-refractivity contribution in [1.29, 1.82) is 0 Å². The molecule has 0 N–H and O–H groups in total. The molecule has 8 nitrogen and oxygen atoms in total. The molecule has 0 saturated heterocycles. The maximum Gasteiger partial charge on any atom is 0.310 e. The Morgan fingerprint density at radius 3 is 2.00 bits per heavy atom. The van der Waals surface area contributed by atoms with Crippen LogP contribution >= 0.6 is 7.34 Å². The lowest BCUT2D eigenvalue weighted by Crippen LogP contribution is -2.16. The SMILES string of the molecule is CC(C)C(=O)OCOP(=C=O)(Cc1cccnc1)OCOC(=O)C(C)C. The minimum Gasteiger partial charge on any atom is -0.438 e. The third-order valence-corrected chi connectivity index (χ3v) is 5.22. The summed E-state index contributed by atoms with van der Waals surface area (Å²) in [6, 6.07) is 3.44. The fourth-order valence-corrected chi connectivity index (χ4v) is 3.16. The third-order valence-electron chi connectivity index (χ3n) is 3.12. The summed E-state index contributed by atoms with van der Waals surface area (Å²) in [5.74, 6) is -1.61. The first-order valence-corrected chi connectivity index (χ1v) is 9.89. The zero-order valence-electron chi connectivity index (χ0n) is 15.3. The standard InChI is InChI=1S/C17H24NO7P/c1-13(2)16(20)22-11-24-26(10-19,9-15-6-5-7-18-8-15)25-12-23-17(21)14(3)4/h5-8,13-14H,9,11-12H2,1-4H3. The smallest absolute Gasteiger partial charge is 0.310 e. The number of nitrogens with zero attached hydrogens (tertiary/aromatic N) is 1. The van der Waals surface area contributed by atoms with Gasteiger partial charge in [-0.25, -0.2) is 4.79 Å². The molecule has 1 aromatic rings. The van der Waals surface area contributed by atoms with Crippen molar-refractivity contribution in [3.63, 3.8) is 0 Å². The number of carbonyl (C=O) groups is 2. The summed E-state index contributed by atoms with van der Waals surface area (Å²) >= 11 is 0. The number of aromatic nitrogens is 1. The van der Waals surface area contributed by atoms with E-state index in [-0.39, 0.29) is 18.0 Å². The Kier molecular flexibility index (Phi) is 9.24. The van der Waals surface area contributed by atoms with Crippen LogP contribution in [0.4, 0.5) is 0 Å². The molecular weight excluding hydrogens is 361 g/mol. The van der Waals surface area contributed by atoms with Crippen molar-refractivity contribution in [2.75, 3.05) is 13.6 Å². The normalized spacial score (nSPS) is 11.3. The van der Waals surface area contributed by atoms with E-state index < -0.39 is 32.9 Å². The molecule has 0 aliphatic heterocycles. The molecule has 0 amide bonds. The highest BCUT2D eigenvalue weighted by atomic mass is 31.2. The van der Waals surface area contributed by atoms with Crippen molar-refractivity contribution in [3.05, 3.63) is 30.1 Å². The van der Waals surface area contributed by atoms with Crippen molar-refractivity contribution in [2.24, 2.45) is 11.8 Å². The summed E-state index contributed by atoms with van der Waals surface area (Å²) in [6.07, 6.45) is 3.20. The Hall–Kier alpha value is -1.98. The molecule has 144 valence electrons. The average molecular weight is 385 g/mol. The molecule has 0 aromatic carbocycles. The first-order chi connectivity index (χ1) is 12.3. The van der Waals surface area contributed by atoms with Gasteiger partial charge in [0.25, 0.3) is 0 Å². The maximum absolute atomic E-state index is 11.6. The molecule has 1 aromatic heterocycles. The van der Waals surface area contributed by atoms with Crippen molar-refractivity contribution >= 4 is 24.9 Å². The molecule has 0 aliphatic carbocycles. The third kappa shape index (κ3) is 7.50. The van der Waals surface area contributed by atoms with Gasteiger partial charge in [-0.2, -0.15) is 0 Å². The van der Waals surface area contributed by atoms with E-state index in [9.17, 15) is 14.4 Å². The molecule has 26 heavy (non-hydrogen) atoms. The maximum atomic E-state index is 11.6. The lowest BCUT2D eigenvalue weighted by molar-refractivity contribution is -0.155. The molecule has 0 bridgehead atoms. The Bertz CT molecular complexity index is 639. The number of pyridine rings is 1. The number of hydrogen-bond acceptors (Lipinski definition) is 8. The monoisotopic (exact) mass is 385 g/mol. The van der Waals surface area contributed by atoms with Gasteiger partial charge in [0.2, 0.25) is 7.34 Å². The summed E-state index contributed by atoms with van der Waals surface area (Å²) in [5, 5.41) is 0. The molecule has 0 saturated carbocycles. The van der Waals surface area contributed by atoms with Gasteiger partial charge >= 0.3 is 11.9 Å². The van der Waals surface area contributed by atoms with Crippen LogP contribution in [0.15, 0.2) is 24.5 Å². The summed E-state index contributed by atoms with van der Waals surface area (Å²) in [7, 11) is -3.27. The topological polar surface area (TPSA) is 101 Å². The number of carbonyl (C=O) groups excluding carboxylic acids is 3. The van der Waals surface area contributed by atoms with Crippen LogP contribution in [-0.4, -0.2) is 36.2 Å². The molecule has 9 heteroatoms. The van der Waals surface area contributed by atoms with Crippen molar-refractivity contribution in [3.8, 4) is 0 Å². The van der Waals surface area contributed by atoms with Gasteiger partial charge in [0.15, 0.2) is 19.2 Å². The van der Waals surface area contributed by atoms with Crippen molar-refractivity contribution in [2.45, 2.75) is 33.9 Å². The minimum atomic E-state index is -3.27. The average Bonchev–Trinajstić information content (AvgIpc) is 2.61. The second kappa shape index (κ2) is 10.9.